The van der Waals surface area contributed by atoms with E-state index in [1.165, 1.54) is 0 Å². The Morgan fingerprint density at radius 2 is 2.25 bits per heavy atom. The number of nitrogens with two attached hydrogens (primary N) is 1. The molecule has 2 nitrogen and oxygen atoms in total. The molecule has 0 aliphatic heterocycles. The average Bonchev–Trinajstić information content (AvgIpc) is 1.65. The lowest BCUT2D eigenvalue weighted by Gasteiger charge is -2.11. The van der Waals surface area contributed by atoms with Crippen LogP contribution in [0.1, 0.15) is 6.92 Å². The molecule has 0 heterocycles. The molecule has 0 rings (SSSR count). The van der Waals surface area contributed by atoms with Crippen molar-refractivity contribution in [2.24, 2.45) is 5.73 Å². The summed E-state index contributed by atoms with van der Waals surface area (Å²) < 4.78 is 0. The number of nitrogens with zero attached hydrogens (tertiary/aromatic N) is 1. The Kier molecular flexibility index (Phi) is 3.28. The molecule has 0 fully saturated rings. The Hall–Kier alpha value is -0.500. The van der Waals surface area contributed by atoms with Crippen molar-refractivity contribution in [3.63, 3.8) is 0 Å². The molecular weight excluding hydrogens is 100 g/mol. The van der Waals surface area contributed by atoms with Gasteiger partial charge in [-0.2, -0.15) is 0 Å². The highest BCUT2D eigenvalue weighted by Gasteiger charge is 1.91. The van der Waals surface area contributed by atoms with Crippen LogP contribution in [-0.2, 0) is 0 Å². The molecule has 2 heteroatoms. The first-order valence-electron chi connectivity index (χ1n) is 2.78. The van der Waals surface area contributed by atoms with Crippen molar-refractivity contribution >= 4 is 0 Å². The smallest absolute Gasteiger partial charge is 0.0370 e. The summed E-state index contributed by atoms with van der Waals surface area (Å²) >= 11 is 0. The summed E-state index contributed by atoms with van der Waals surface area (Å²) in [4.78, 5) is 2.10. The van der Waals surface area contributed by atoms with Crippen LogP contribution >= 0.6 is 0 Å². The number of hydrogen-bond donors (Lipinski definition) is 1. The number of hydrogen-bond acceptors (Lipinski definition) is 2. The fourth-order valence-corrected chi connectivity index (χ4v) is 0.459. The van der Waals surface area contributed by atoms with Crippen molar-refractivity contribution in [1.82, 2.24) is 4.90 Å². The summed E-state index contributed by atoms with van der Waals surface area (Å²) in [6.45, 7) is 7.49. The van der Waals surface area contributed by atoms with Crippen LogP contribution in [-0.4, -0.2) is 25.0 Å². The number of rotatable bonds is 3. The van der Waals surface area contributed by atoms with Crippen molar-refractivity contribution < 1.29 is 0 Å². The molecule has 0 unspecified atom stereocenters. The molecule has 0 aromatic heterocycles. The predicted molar refractivity (Wildman–Crippen MR) is 36.5 cm³/mol. The van der Waals surface area contributed by atoms with E-state index in [0.29, 0.717) is 0 Å². The fourth-order valence-electron chi connectivity index (χ4n) is 0.459. The maximum absolute atomic E-state index is 5.33. The molecule has 0 bridgehead atoms. The normalized spacial score (nSPS) is 9.88. The Labute approximate surface area is 51.0 Å². The van der Waals surface area contributed by atoms with Gasteiger partial charge in [0.1, 0.15) is 0 Å². The van der Waals surface area contributed by atoms with Gasteiger partial charge in [-0.25, -0.2) is 0 Å². The second-order valence-electron chi connectivity index (χ2n) is 1.99. The van der Waals surface area contributed by atoms with E-state index in [1.54, 1.807) is 0 Å². The van der Waals surface area contributed by atoms with Gasteiger partial charge in [-0.1, -0.05) is 13.5 Å². The summed E-state index contributed by atoms with van der Waals surface area (Å²) in [5.74, 6) is 0. The lowest BCUT2D eigenvalue weighted by atomic mass is 10.4. The van der Waals surface area contributed by atoms with Crippen molar-refractivity contribution in [1.29, 1.82) is 0 Å². The molecule has 0 spiro atoms. The third-order valence-corrected chi connectivity index (χ3v) is 1.01. The lowest BCUT2D eigenvalue weighted by Crippen LogP contribution is -2.22. The van der Waals surface area contributed by atoms with E-state index in [0.717, 1.165) is 18.8 Å². The molecule has 0 aromatic carbocycles. The van der Waals surface area contributed by atoms with E-state index >= 15 is 0 Å². The first-order chi connectivity index (χ1) is 3.66. The van der Waals surface area contributed by atoms with E-state index in [1.807, 2.05) is 7.05 Å². The SMILES string of the molecule is C=C(N)CN(C)CC. The van der Waals surface area contributed by atoms with Crippen LogP contribution in [0.15, 0.2) is 12.3 Å². The van der Waals surface area contributed by atoms with Crippen LogP contribution < -0.4 is 5.73 Å². The van der Waals surface area contributed by atoms with Gasteiger partial charge in [0.05, 0.1) is 0 Å². The Morgan fingerprint density at radius 1 is 1.75 bits per heavy atom. The van der Waals surface area contributed by atoms with E-state index in [-0.39, 0.29) is 0 Å². The van der Waals surface area contributed by atoms with Gasteiger partial charge in [0.2, 0.25) is 0 Å². The molecular formula is C6H14N2. The summed E-state index contributed by atoms with van der Waals surface area (Å²) in [6, 6.07) is 0. The predicted octanol–water partition coefficient (Wildman–Crippen LogP) is 0.410. The summed E-state index contributed by atoms with van der Waals surface area (Å²) in [5, 5.41) is 0. The molecule has 0 saturated carbocycles. The van der Waals surface area contributed by atoms with E-state index < -0.39 is 0 Å². The monoisotopic (exact) mass is 114 g/mol. The first kappa shape index (κ1) is 7.50. The van der Waals surface area contributed by atoms with Crippen molar-refractivity contribution in [3.8, 4) is 0 Å². The fraction of sp³-hybridized carbons (Fsp3) is 0.667. The Balaban J connectivity index is 3.24. The van der Waals surface area contributed by atoms with Crippen LogP contribution in [0.25, 0.3) is 0 Å². The highest BCUT2D eigenvalue weighted by molar-refractivity contribution is 4.88. The third kappa shape index (κ3) is 3.68. The molecule has 8 heavy (non-hydrogen) atoms. The van der Waals surface area contributed by atoms with Gasteiger partial charge in [-0.05, 0) is 13.6 Å². The van der Waals surface area contributed by atoms with Gasteiger partial charge < -0.3 is 10.6 Å². The van der Waals surface area contributed by atoms with Crippen LogP contribution in [0.2, 0.25) is 0 Å². The van der Waals surface area contributed by atoms with Crippen LogP contribution in [0.3, 0.4) is 0 Å². The summed E-state index contributed by atoms with van der Waals surface area (Å²) in [5.41, 5.74) is 6.06. The molecule has 0 aromatic rings. The van der Waals surface area contributed by atoms with Crippen molar-refractivity contribution in [3.05, 3.63) is 12.3 Å². The molecule has 0 aliphatic rings. The minimum atomic E-state index is 0.731. The third-order valence-electron chi connectivity index (χ3n) is 1.01. The van der Waals surface area contributed by atoms with E-state index in [9.17, 15) is 0 Å². The maximum atomic E-state index is 5.33. The standard InChI is InChI=1S/C6H14N2/c1-4-8(3)5-6(2)7/h2,4-5,7H2,1,3H3. The van der Waals surface area contributed by atoms with Gasteiger partial charge in [-0.15, -0.1) is 0 Å². The van der Waals surface area contributed by atoms with Gasteiger partial charge in [0.15, 0.2) is 0 Å². The minimum Gasteiger partial charge on any atom is -0.401 e. The quantitative estimate of drug-likeness (QED) is 0.576. The zero-order chi connectivity index (χ0) is 6.57. The average molecular weight is 114 g/mol. The Morgan fingerprint density at radius 3 is 2.38 bits per heavy atom. The molecule has 0 aliphatic carbocycles. The van der Waals surface area contributed by atoms with Gasteiger partial charge in [0, 0.05) is 12.2 Å². The summed E-state index contributed by atoms with van der Waals surface area (Å²) in [6.07, 6.45) is 0. The second-order valence-corrected chi connectivity index (χ2v) is 1.99. The molecule has 48 valence electrons. The van der Waals surface area contributed by atoms with E-state index in [4.69, 9.17) is 5.73 Å². The Bertz CT molecular complexity index is 78.6. The molecule has 2 N–H and O–H groups in total. The largest absolute Gasteiger partial charge is 0.401 e. The topological polar surface area (TPSA) is 29.3 Å². The van der Waals surface area contributed by atoms with Crippen LogP contribution in [0.4, 0.5) is 0 Å². The molecule has 0 radical (unpaired) electrons. The highest BCUT2D eigenvalue weighted by atomic mass is 15.1. The zero-order valence-electron chi connectivity index (χ0n) is 5.65. The van der Waals surface area contributed by atoms with Crippen molar-refractivity contribution in [2.45, 2.75) is 6.92 Å². The highest BCUT2D eigenvalue weighted by Crippen LogP contribution is 1.83. The van der Waals surface area contributed by atoms with Crippen molar-refractivity contribution in [2.75, 3.05) is 20.1 Å². The zero-order valence-corrected chi connectivity index (χ0v) is 5.65. The number of likely N-dealkylation sites (N-methyl/N-ethyl adjacent to an activating group) is 1. The minimum absolute atomic E-state index is 0.731. The second kappa shape index (κ2) is 3.50. The molecule has 0 amide bonds. The molecule has 0 saturated heterocycles. The first-order valence-corrected chi connectivity index (χ1v) is 2.78. The van der Waals surface area contributed by atoms with Gasteiger partial charge in [-0.3, -0.25) is 0 Å². The maximum Gasteiger partial charge on any atom is 0.0370 e. The van der Waals surface area contributed by atoms with Gasteiger partial charge in [0.25, 0.3) is 0 Å². The summed E-state index contributed by atoms with van der Waals surface area (Å²) in [7, 11) is 2.01. The van der Waals surface area contributed by atoms with Crippen LogP contribution in [0.5, 0.6) is 0 Å². The lowest BCUT2D eigenvalue weighted by molar-refractivity contribution is 0.382. The van der Waals surface area contributed by atoms with Gasteiger partial charge >= 0.3 is 0 Å². The van der Waals surface area contributed by atoms with Crippen LogP contribution in [0, 0.1) is 0 Å². The molecule has 0 atom stereocenters. The van der Waals surface area contributed by atoms with E-state index in [2.05, 4.69) is 18.4 Å².